The van der Waals surface area contributed by atoms with Gasteiger partial charge < -0.3 is 14.9 Å². The number of nitrogens with zero attached hydrogens (tertiary/aromatic N) is 2. The molecule has 1 N–H and O–H groups in total. The monoisotopic (exact) mass is 274 g/mol. The van der Waals surface area contributed by atoms with Gasteiger partial charge in [0.1, 0.15) is 6.04 Å². The first-order valence-electron chi connectivity index (χ1n) is 6.37. The van der Waals surface area contributed by atoms with Crippen LogP contribution in [0, 0.1) is 0 Å². The SMILES string of the molecule is CCC1CN(C(=O)N(C)C(CC)C(=O)O)CCS1. The maximum atomic E-state index is 12.2. The number of hydrogen-bond acceptors (Lipinski definition) is 3. The van der Waals surface area contributed by atoms with Crippen molar-refractivity contribution in [2.24, 2.45) is 0 Å². The van der Waals surface area contributed by atoms with E-state index in [0.717, 1.165) is 18.7 Å². The van der Waals surface area contributed by atoms with Crippen molar-refractivity contribution >= 4 is 23.8 Å². The maximum Gasteiger partial charge on any atom is 0.326 e. The van der Waals surface area contributed by atoms with Gasteiger partial charge in [0.05, 0.1) is 0 Å². The van der Waals surface area contributed by atoms with E-state index in [1.807, 2.05) is 11.8 Å². The molecular formula is C12H22N2O3S. The van der Waals surface area contributed by atoms with E-state index in [4.69, 9.17) is 5.11 Å². The van der Waals surface area contributed by atoms with Gasteiger partial charge in [0, 0.05) is 31.1 Å². The fraction of sp³-hybridized carbons (Fsp3) is 0.833. The summed E-state index contributed by atoms with van der Waals surface area (Å²) in [5.74, 6) is -0.00568. The summed E-state index contributed by atoms with van der Waals surface area (Å²) in [6, 6.07) is -0.893. The molecule has 1 saturated heterocycles. The van der Waals surface area contributed by atoms with E-state index in [9.17, 15) is 9.59 Å². The summed E-state index contributed by atoms with van der Waals surface area (Å²) < 4.78 is 0. The highest BCUT2D eigenvalue weighted by molar-refractivity contribution is 8.00. The number of carboxylic acid groups (broad SMARTS) is 1. The average Bonchev–Trinajstić information content (AvgIpc) is 2.38. The number of aliphatic carboxylic acids is 1. The van der Waals surface area contributed by atoms with Crippen LogP contribution < -0.4 is 0 Å². The summed E-state index contributed by atoms with van der Waals surface area (Å²) in [6.07, 6.45) is 1.46. The Bertz CT molecular complexity index is 312. The molecule has 0 aromatic carbocycles. The highest BCUT2D eigenvalue weighted by Gasteiger charge is 2.30. The summed E-state index contributed by atoms with van der Waals surface area (Å²) in [5.41, 5.74) is 0. The van der Waals surface area contributed by atoms with E-state index < -0.39 is 12.0 Å². The Morgan fingerprint density at radius 1 is 1.50 bits per heavy atom. The molecule has 0 aromatic heterocycles. The Kier molecular flexibility index (Phi) is 5.78. The third-order valence-corrected chi connectivity index (χ3v) is 4.68. The first-order chi connectivity index (χ1) is 8.51. The third-order valence-electron chi connectivity index (χ3n) is 3.31. The van der Waals surface area contributed by atoms with Crippen molar-refractivity contribution in [1.82, 2.24) is 9.80 Å². The van der Waals surface area contributed by atoms with Gasteiger partial charge in [-0.2, -0.15) is 11.8 Å². The van der Waals surface area contributed by atoms with Crippen LogP contribution in [0.1, 0.15) is 26.7 Å². The summed E-state index contributed by atoms with van der Waals surface area (Å²) in [4.78, 5) is 26.4. The number of carbonyl (C=O) groups excluding carboxylic acids is 1. The molecule has 1 heterocycles. The van der Waals surface area contributed by atoms with Gasteiger partial charge in [-0.25, -0.2) is 9.59 Å². The molecular weight excluding hydrogens is 252 g/mol. The average molecular weight is 274 g/mol. The van der Waals surface area contributed by atoms with Crippen molar-refractivity contribution < 1.29 is 14.7 Å². The second-order valence-corrected chi connectivity index (χ2v) is 5.91. The smallest absolute Gasteiger partial charge is 0.326 e. The number of carbonyl (C=O) groups is 2. The molecule has 2 atom stereocenters. The van der Waals surface area contributed by atoms with Gasteiger partial charge in [-0.3, -0.25) is 0 Å². The third kappa shape index (κ3) is 3.54. The summed E-state index contributed by atoms with van der Waals surface area (Å²) in [7, 11) is 1.58. The predicted octanol–water partition coefficient (Wildman–Crippen LogP) is 1.73. The van der Waals surface area contributed by atoms with Gasteiger partial charge >= 0.3 is 12.0 Å². The number of thioether (sulfide) groups is 1. The Morgan fingerprint density at radius 2 is 2.17 bits per heavy atom. The van der Waals surface area contributed by atoms with Gasteiger partial charge in [-0.1, -0.05) is 13.8 Å². The minimum atomic E-state index is -0.938. The second kappa shape index (κ2) is 6.87. The Balaban J connectivity index is 2.65. The number of likely N-dealkylation sites (N-methyl/N-ethyl adjacent to an activating group) is 1. The molecule has 0 bridgehead atoms. The number of urea groups is 1. The van der Waals surface area contributed by atoms with Crippen molar-refractivity contribution in [3.8, 4) is 0 Å². The Labute approximate surface area is 113 Å². The first-order valence-corrected chi connectivity index (χ1v) is 7.42. The van der Waals surface area contributed by atoms with Crippen LogP contribution in [0.5, 0.6) is 0 Å². The van der Waals surface area contributed by atoms with E-state index >= 15 is 0 Å². The number of rotatable bonds is 4. The van der Waals surface area contributed by atoms with E-state index in [1.54, 1.807) is 18.9 Å². The zero-order chi connectivity index (χ0) is 13.7. The molecule has 1 aliphatic heterocycles. The Morgan fingerprint density at radius 3 is 2.67 bits per heavy atom. The molecule has 1 fully saturated rings. The molecule has 104 valence electrons. The van der Waals surface area contributed by atoms with Crippen LogP contribution in [0.25, 0.3) is 0 Å². The minimum absolute atomic E-state index is 0.164. The number of hydrogen-bond donors (Lipinski definition) is 1. The maximum absolute atomic E-state index is 12.2. The van der Waals surface area contributed by atoms with Gasteiger partial charge in [0.15, 0.2) is 0 Å². The molecule has 6 heteroatoms. The zero-order valence-electron chi connectivity index (χ0n) is 11.3. The minimum Gasteiger partial charge on any atom is -0.480 e. The molecule has 1 aliphatic rings. The lowest BCUT2D eigenvalue weighted by atomic mass is 10.2. The van der Waals surface area contributed by atoms with Gasteiger partial charge in [0.25, 0.3) is 0 Å². The zero-order valence-corrected chi connectivity index (χ0v) is 12.1. The molecule has 2 amide bonds. The van der Waals surface area contributed by atoms with Crippen LogP contribution in [0.15, 0.2) is 0 Å². The molecule has 0 saturated carbocycles. The molecule has 0 radical (unpaired) electrons. The van der Waals surface area contributed by atoms with Crippen molar-refractivity contribution in [3.05, 3.63) is 0 Å². The predicted molar refractivity (Wildman–Crippen MR) is 73.0 cm³/mol. The van der Waals surface area contributed by atoms with Crippen LogP contribution in [-0.4, -0.2) is 64.1 Å². The van der Waals surface area contributed by atoms with Crippen LogP contribution in [0.4, 0.5) is 4.79 Å². The van der Waals surface area contributed by atoms with Crippen LogP contribution in [0.2, 0.25) is 0 Å². The molecule has 2 unspecified atom stereocenters. The molecule has 1 rings (SSSR count). The van der Waals surface area contributed by atoms with E-state index in [-0.39, 0.29) is 6.03 Å². The van der Waals surface area contributed by atoms with Crippen LogP contribution in [-0.2, 0) is 4.79 Å². The molecule has 0 aliphatic carbocycles. The lowest BCUT2D eigenvalue weighted by molar-refractivity contribution is -0.142. The van der Waals surface area contributed by atoms with Crippen LogP contribution >= 0.6 is 11.8 Å². The largest absolute Gasteiger partial charge is 0.480 e. The summed E-state index contributed by atoms with van der Waals surface area (Å²) >= 11 is 1.89. The van der Waals surface area contributed by atoms with Gasteiger partial charge in [-0.05, 0) is 12.8 Å². The fourth-order valence-electron chi connectivity index (χ4n) is 2.11. The first kappa shape index (κ1) is 15.1. The summed E-state index contributed by atoms with van der Waals surface area (Å²) in [5, 5.41) is 9.55. The number of amides is 2. The molecule has 0 spiro atoms. The van der Waals surface area contributed by atoms with E-state index in [1.165, 1.54) is 4.90 Å². The standard InChI is InChI=1S/C12H22N2O3S/c1-4-9-8-14(6-7-18-9)12(17)13(3)10(5-2)11(15)16/h9-10H,4-8H2,1-3H3,(H,15,16). The molecule has 5 nitrogen and oxygen atoms in total. The number of carboxylic acids is 1. The second-order valence-electron chi connectivity index (χ2n) is 4.50. The lowest BCUT2D eigenvalue weighted by Gasteiger charge is -2.36. The highest BCUT2D eigenvalue weighted by Crippen LogP contribution is 2.22. The molecule has 0 aromatic rings. The van der Waals surface area contributed by atoms with Crippen molar-refractivity contribution in [2.45, 2.75) is 38.0 Å². The van der Waals surface area contributed by atoms with Gasteiger partial charge in [0.2, 0.25) is 0 Å². The van der Waals surface area contributed by atoms with Crippen molar-refractivity contribution in [1.29, 1.82) is 0 Å². The highest BCUT2D eigenvalue weighted by atomic mass is 32.2. The lowest BCUT2D eigenvalue weighted by Crippen LogP contribution is -2.52. The fourth-order valence-corrected chi connectivity index (χ4v) is 3.29. The molecule has 18 heavy (non-hydrogen) atoms. The Hall–Kier alpha value is -0.910. The van der Waals surface area contributed by atoms with E-state index in [2.05, 4.69) is 6.92 Å². The van der Waals surface area contributed by atoms with Crippen LogP contribution in [0.3, 0.4) is 0 Å². The topological polar surface area (TPSA) is 60.9 Å². The van der Waals surface area contributed by atoms with Gasteiger partial charge in [-0.15, -0.1) is 0 Å². The quantitative estimate of drug-likeness (QED) is 0.848. The van der Waals surface area contributed by atoms with Crippen molar-refractivity contribution in [2.75, 3.05) is 25.9 Å². The normalized spacial score (nSPS) is 21.5. The van der Waals surface area contributed by atoms with E-state index in [0.29, 0.717) is 18.2 Å². The summed E-state index contributed by atoms with van der Waals surface area (Å²) in [6.45, 7) is 5.33. The van der Waals surface area contributed by atoms with Crippen molar-refractivity contribution in [3.63, 3.8) is 0 Å².